The van der Waals surface area contributed by atoms with Gasteiger partial charge in [0.15, 0.2) is 39.7 Å². The van der Waals surface area contributed by atoms with E-state index in [1.165, 1.54) is 0 Å². The number of likely N-dealkylation sites (tertiary alicyclic amines) is 1. The minimum Gasteiger partial charge on any atom is -0.382 e. The number of nitrogens with one attached hydrogen (secondary N) is 3. The molecule has 0 radical (unpaired) electrons. The van der Waals surface area contributed by atoms with Crippen LogP contribution in [0.1, 0.15) is 113 Å². The Hall–Kier alpha value is -7.29. The highest BCUT2D eigenvalue weighted by molar-refractivity contribution is 7.91. The largest absolute Gasteiger partial charge is 0.382 e. The van der Waals surface area contributed by atoms with E-state index in [-0.39, 0.29) is 187 Å². The van der Waals surface area contributed by atoms with Gasteiger partial charge in [0.25, 0.3) is 17.7 Å². The van der Waals surface area contributed by atoms with Crippen molar-refractivity contribution in [2.75, 3.05) is 198 Å². The average molecular weight is 2090 g/mol. The van der Waals surface area contributed by atoms with Crippen LogP contribution < -0.4 is 20.5 Å². The Morgan fingerprint density at radius 1 is 0.416 bits per heavy atom. The van der Waals surface area contributed by atoms with Crippen molar-refractivity contribution in [1.29, 1.82) is 0 Å². The molecule has 5 aliphatic heterocycles. The number of fused-ring (bicyclic) bond motifs is 3. The van der Waals surface area contributed by atoms with Gasteiger partial charge in [-0.15, -0.1) is 5.06 Å². The maximum atomic E-state index is 13.3. The molecule has 6 aromatic carbocycles. The zero-order chi connectivity index (χ0) is 99.5. The number of aliphatic hydroxyl groups is 4. The van der Waals surface area contributed by atoms with Crippen molar-refractivity contribution in [2.45, 2.75) is 121 Å². The number of sulfone groups is 1. The van der Waals surface area contributed by atoms with Gasteiger partial charge in [-0.1, -0.05) is 106 Å². The van der Waals surface area contributed by atoms with Crippen LogP contribution in [0.3, 0.4) is 0 Å². The summed E-state index contributed by atoms with van der Waals surface area (Å²) in [6.07, 6.45) is -8.55. The van der Waals surface area contributed by atoms with Crippen LogP contribution in [0.25, 0.3) is 0 Å². The quantitative estimate of drug-likeness (QED) is 0.0166. The van der Waals surface area contributed by atoms with Crippen LogP contribution in [-0.2, 0) is 135 Å². The first-order valence-corrected chi connectivity index (χ1v) is 51.1. The Bertz CT molecular complexity index is 5180. The lowest BCUT2D eigenvalue weighted by molar-refractivity contribution is -0.206. The summed E-state index contributed by atoms with van der Waals surface area (Å²) in [5, 5.41) is 45.7. The molecule has 7 unspecified atom stereocenters. The number of halogens is 6. The van der Waals surface area contributed by atoms with Crippen LogP contribution in [-0.4, -0.2) is 340 Å². The van der Waals surface area contributed by atoms with Gasteiger partial charge in [-0.3, -0.25) is 38.5 Å². The molecule has 5 heterocycles. The molecule has 9 N–H and O–H groups in total. The van der Waals surface area contributed by atoms with E-state index in [4.69, 9.17) is 118 Å². The van der Waals surface area contributed by atoms with Crippen LogP contribution in [0.2, 0.25) is 30.1 Å². The fraction of sp³-hybridized carbons (Fsp3) is 0.516. The zero-order valence-electron chi connectivity index (χ0n) is 76.0. The highest BCUT2D eigenvalue weighted by atomic mass is 35.5. The number of nitrogens with zero attached hydrogens (tertiary/aromatic N) is 5. The van der Waals surface area contributed by atoms with Gasteiger partial charge in [-0.05, 0) is 157 Å². The molecule has 0 spiro atoms. The van der Waals surface area contributed by atoms with Crippen LogP contribution in [0.4, 0.5) is 0 Å². The molecule has 11 rings (SSSR count). The van der Waals surface area contributed by atoms with E-state index < -0.39 is 108 Å². The molecular weight excluding hydrogens is 1980 g/mol. The summed E-state index contributed by atoms with van der Waals surface area (Å²) in [5.41, 5.74) is 13.9. The fourth-order valence-electron chi connectivity index (χ4n) is 15.3. The summed E-state index contributed by atoms with van der Waals surface area (Å²) in [6.45, 7) is 9.09. The number of hydrogen-bond acceptors (Lipinski definition) is 32. The van der Waals surface area contributed by atoms with Crippen LogP contribution in [0.15, 0.2) is 124 Å². The minimum atomic E-state index is -3.82. The molecule has 7 atom stereocenters. The second-order valence-electron chi connectivity index (χ2n) is 32.6. The lowest BCUT2D eigenvalue weighted by Crippen LogP contribution is -2.48. The summed E-state index contributed by atoms with van der Waals surface area (Å²) in [4.78, 5) is 106. The minimum absolute atomic E-state index is 0.0151. The standard InChI is InChI=1S/C54H70Cl4N4O14S2.C24H33Cl2N3O5S.C13H14N2O9/c1-61-33-45(43-29-39(55)31-49(57)47(43)35-61)37-7-3-9-41(27-37)77(67,68)26-6-15-72-19-23-75-22-18-71-14-5-11-51(63)52(64)53(65)54(66)59-12-16-73-20-24-76-25-21-74-17-13-60-78(69,70)42-10-4-8-38(28-42)46-34-62(2)36-48-44(46)30-40(56)32-50(48)58;1-29-16-22(21-14-19(25)15-24(26)23(21)17-29)18-3-2-4-20(13-18)35(30,31)28-6-8-33-10-12-34-11-9-32-7-5-27;16-6(5-14-7(17)1-2-8(14)18)11(21)12(22)13(23)24-15-9(19)3-4-10(15)20/h3-4,7-10,27-32,45-46,52-53,60,64-65H,5-6,11-26,33-36H2,1-2H3,(H,59,66);2-4,13-15,22,28H,5-12,16-17,27H2,1H3;11-12,21-22H,1-5H2. The van der Waals surface area contributed by atoms with E-state index >= 15 is 0 Å². The highest BCUT2D eigenvalue weighted by Gasteiger charge is 2.41. The number of hydroxylamine groups is 2. The fourth-order valence-corrected chi connectivity index (χ4v) is 20.5. The van der Waals surface area contributed by atoms with Crippen molar-refractivity contribution < 1.29 is 132 Å². The normalized spacial score (nSPS) is 17.4. The Balaban J connectivity index is 0.000000289. The first kappa shape index (κ1) is 113. The third-order valence-electron chi connectivity index (χ3n) is 22.2. The van der Waals surface area contributed by atoms with Crippen molar-refractivity contribution in [3.63, 3.8) is 0 Å². The van der Waals surface area contributed by atoms with Gasteiger partial charge in [0, 0.05) is 159 Å². The number of Topliss-reactive ketones (excluding diaryl/α,β-unsaturated/α-hetero) is 2. The third kappa shape index (κ3) is 35.1. The van der Waals surface area contributed by atoms with E-state index in [1.807, 2.05) is 57.5 Å². The number of aliphatic hydroxyl groups excluding tert-OH is 4. The number of imide groups is 2. The van der Waals surface area contributed by atoms with Gasteiger partial charge in [-0.2, -0.15) is 0 Å². The van der Waals surface area contributed by atoms with E-state index in [0.717, 1.165) is 56.6 Å². The van der Waals surface area contributed by atoms with Crippen molar-refractivity contribution in [3.8, 4) is 0 Å². The molecule has 37 nitrogen and oxygen atoms in total. The highest BCUT2D eigenvalue weighted by Crippen LogP contribution is 2.43. The Kier molecular flexibility index (Phi) is 46.8. The molecule has 5 amide bonds. The number of rotatable bonds is 54. The van der Waals surface area contributed by atoms with Gasteiger partial charge in [-0.25, -0.2) is 39.5 Å². The monoisotopic (exact) mass is 2090 g/mol. The molecule has 137 heavy (non-hydrogen) atoms. The molecule has 2 saturated heterocycles. The average Bonchev–Trinajstić information content (AvgIpc) is 1.13. The Morgan fingerprint density at radius 3 is 1.16 bits per heavy atom. The van der Waals surface area contributed by atoms with Gasteiger partial charge in [0.1, 0.15) is 6.10 Å². The van der Waals surface area contributed by atoms with E-state index in [0.29, 0.717) is 114 Å². The number of ketones is 2. The number of hydrogen-bond donors (Lipinski definition) is 8. The summed E-state index contributed by atoms with van der Waals surface area (Å²) in [7, 11) is -5.07. The van der Waals surface area contributed by atoms with Crippen molar-refractivity contribution in [3.05, 3.63) is 189 Å². The lowest BCUT2D eigenvalue weighted by Gasteiger charge is -2.33. The molecular formula is C91H117Cl6N9O28S3. The van der Waals surface area contributed by atoms with Gasteiger partial charge in [0.2, 0.25) is 31.9 Å². The molecule has 6 aromatic rings. The molecule has 0 saturated carbocycles. The molecule has 0 aliphatic carbocycles. The number of carbonyl (C=O) groups is 8. The number of nitrogens with two attached hydrogens (primary N) is 1. The van der Waals surface area contributed by atoms with Crippen molar-refractivity contribution in [2.24, 2.45) is 5.73 Å². The van der Waals surface area contributed by atoms with Crippen LogP contribution in [0, 0.1) is 0 Å². The molecule has 754 valence electrons. The summed E-state index contributed by atoms with van der Waals surface area (Å²) in [5.74, 6) is -7.49. The lowest BCUT2D eigenvalue weighted by atomic mass is 9.85. The van der Waals surface area contributed by atoms with Crippen molar-refractivity contribution >= 4 is 147 Å². The van der Waals surface area contributed by atoms with E-state index in [2.05, 4.69) is 34.3 Å². The topological polar surface area (TPSA) is 491 Å². The molecule has 5 aliphatic rings. The van der Waals surface area contributed by atoms with E-state index in [9.17, 15) is 84.0 Å². The van der Waals surface area contributed by atoms with Crippen molar-refractivity contribution in [1.82, 2.24) is 39.4 Å². The Labute approximate surface area is 826 Å². The number of sulfonamides is 2. The number of carbonyl (C=O) groups excluding carboxylic acids is 8. The van der Waals surface area contributed by atoms with Crippen LogP contribution in [0.5, 0.6) is 0 Å². The maximum Gasteiger partial charge on any atom is 0.364 e. The van der Waals surface area contributed by atoms with E-state index in [1.54, 1.807) is 72.8 Å². The number of amides is 5. The Morgan fingerprint density at radius 2 is 0.759 bits per heavy atom. The van der Waals surface area contributed by atoms with Gasteiger partial charge >= 0.3 is 5.97 Å². The first-order valence-electron chi connectivity index (χ1n) is 44.2. The zero-order valence-corrected chi connectivity index (χ0v) is 83.0. The van der Waals surface area contributed by atoms with Gasteiger partial charge in [0.05, 0.1) is 133 Å². The second-order valence-corrected chi connectivity index (χ2v) is 40.7. The molecule has 46 heteroatoms. The summed E-state index contributed by atoms with van der Waals surface area (Å²) in [6, 6.07) is 31.8. The second kappa shape index (κ2) is 56.5. The maximum absolute atomic E-state index is 13.3. The van der Waals surface area contributed by atoms with Gasteiger partial charge < -0.3 is 93.6 Å². The van der Waals surface area contributed by atoms with Crippen LogP contribution >= 0.6 is 69.6 Å². The molecule has 0 aromatic heterocycles. The number of likely N-dealkylation sites (N-methyl/N-ethyl adjacent to an activating group) is 3. The predicted octanol–water partition coefficient (Wildman–Crippen LogP) is 5.78. The SMILES string of the molecule is CN1Cc2c(Cl)cc(Cl)cc2C(c2cccc(S(=O)(=O)CCCOCCOCCOCCCC(=O)C(O)C(O)C(=O)NCCOCCOCCOCCNS(=O)(=O)c3cccc(C4CN(C)Cc5c(Cl)cc(Cl)cc54)c3)c2)C1.CN1Cc2c(Cl)cc(Cl)cc2C(c2cccc(S(=O)(=O)NCCOCCOCCOCCN)c2)C1.O=C(CN1C(=O)CCC1=O)C(O)C(O)C(=O)ON1C(=O)CCC1=O. The smallest absolute Gasteiger partial charge is 0.364 e. The predicted molar refractivity (Wildman–Crippen MR) is 506 cm³/mol. The summed E-state index contributed by atoms with van der Waals surface area (Å²) < 4.78 is 133. The molecule has 0 bridgehead atoms. The molecule has 2 fully saturated rings. The summed E-state index contributed by atoms with van der Waals surface area (Å²) >= 11 is 38.4. The third-order valence-corrected chi connectivity index (χ3v) is 28.6. The first-order chi connectivity index (χ1) is 65.4. The number of ether oxygens (including phenoxy) is 9. The number of benzene rings is 6.